The number of carbonyl (C=O) groups is 2. The Morgan fingerprint density at radius 2 is 2.00 bits per heavy atom. The molecular formula is C9H16O6. The molecule has 0 rings (SSSR count). The zero-order chi connectivity index (χ0) is 11.7. The Morgan fingerprint density at radius 1 is 1.33 bits per heavy atom. The molecule has 0 aliphatic rings. The molecule has 0 bridgehead atoms. The van der Waals surface area contributed by atoms with Gasteiger partial charge in [-0.15, -0.1) is 0 Å². The number of hydrogen-bond acceptors (Lipinski definition) is 6. The molecule has 0 aromatic carbocycles. The summed E-state index contributed by atoms with van der Waals surface area (Å²) in [7, 11) is 1.24. The van der Waals surface area contributed by atoms with Crippen LogP contribution in [0, 0.1) is 0 Å². The van der Waals surface area contributed by atoms with Crippen molar-refractivity contribution in [2.75, 3.05) is 26.9 Å². The number of hydrogen-bond donors (Lipinski definition) is 0. The minimum Gasteiger partial charge on any atom is -0.461 e. The first-order valence-electron chi connectivity index (χ1n) is 4.58. The molecule has 1 atom stereocenters. The molecule has 0 saturated carbocycles. The number of ether oxygens (including phenoxy) is 4. The van der Waals surface area contributed by atoms with E-state index in [1.165, 1.54) is 7.11 Å². The van der Waals surface area contributed by atoms with Crippen molar-refractivity contribution in [3.63, 3.8) is 0 Å². The van der Waals surface area contributed by atoms with E-state index in [1.54, 1.807) is 13.8 Å². The highest BCUT2D eigenvalue weighted by atomic mass is 16.7. The molecule has 6 nitrogen and oxygen atoms in total. The van der Waals surface area contributed by atoms with E-state index in [0.29, 0.717) is 6.61 Å². The van der Waals surface area contributed by atoms with Gasteiger partial charge in [0, 0.05) is 13.7 Å². The average molecular weight is 220 g/mol. The Morgan fingerprint density at radius 3 is 2.40 bits per heavy atom. The van der Waals surface area contributed by atoms with Crippen molar-refractivity contribution in [3.05, 3.63) is 0 Å². The van der Waals surface area contributed by atoms with Crippen molar-refractivity contribution in [2.45, 2.75) is 19.6 Å². The third kappa shape index (κ3) is 3.85. The second-order valence-corrected chi connectivity index (χ2v) is 2.53. The highest BCUT2D eigenvalue weighted by Crippen LogP contribution is 2.14. The Bertz CT molecular complexity index is 205. The minimum atomic E-state index is -1.80. The van der Waals surface area contributed by atoms with Gasteiger partial charge >= 0.3 is 11.8 Å². The average Bonchev–Trinajstić information content (AvgIpc) is 2.24. The van der Waals surface area contributed by atoms with Gasteiger partial charge in [0.05, 0.1) is 6.61 Å². The Hall–Kier alpha value is -1.14. The topological polar surface area (TPSA) is 71.1 Å². The van der Waals surface area contributed by atoms with E-state index < -0.39 is 11.8 Å². The Labute approximate surface area is 88.4 Å². The molecule has 0 radical (unpaired) electrons. The molecule has 0 aromatic rings. The third-order valence-electron chi connectivity index (χ3n) is 1.65. The molecular weight excluding hydrogens is 204 g/mol. The van der Waals surface area contributed by atoms with E-state index in [2.05, 4.69) is 4.74 Å². The Balaban J connectivity index is 4.61. The van der Waals surface area contributed by atoms with Crippen molar-refractivity contribution in [2.24, 2.45) is 0 Å². The van der Waals surface area contributed by atoms with Gasteiger partial charge in [0.15, 0.2) is 0 Å². The zero-order valence-electron chi connectivity index (χ0n) is 9.15. The summed E-state index contributed by atoms with van der Waals surface area (Å²) in [4.78, 5) is 21.8. The molecule has 0 amide bonds. The van der Waals surface area contributed by atoms with Gasteiger partial charge in [-0.2, -0.15) is 0 Å². The molecule has 0 aliphatic carbocycles. The van der Waals surface area contributed by atoms with Gasteiger partial charge in [0.2, 0.25) is 0 Å². The van der Waals surface area contributed by atoms with Gasteiger partial charge < -0.3 is 18.9 Å². The number of esters is 1. The van der Waals surface area contributed by atoms with Crippen LogP contribution in [0.15, 0.2) is 0 Å². The SMILES string of the molecule is CCOCC(OC)(OC=O)C(=O)OCC. The molecule has 0 aliphatic heterocycles. The summed E-state index contributed by atoms with van der Waals surface area (Å²) in [5.41, 5.74) is 0. The van der Waals surface area contributed by atoms with Crippen LogP contribution in [0.5, 0.6) is 0 Å². The maximum absolute atomic E-state index is 11.5. The van der Waals surface area contributed by atoms with Crippen LogP contribution in [0.3, 0.4) is 0 Å². The van der Waals surface area contributed by atoms with Crippen LogP contribution in [0.2, 0.25) is 0 Å². The first kappa shape index (κ1) is 13.9. The summed E-state index contributed by atoms with van der Waals surface area (Å²) >= 11 is 0. The second-order valence-electron chi connectivity index (χ2n) is 2.53. The zero-order valence-corrected chi connectivity index (χ0v) is 9.15. The van der Waals surface area contributed by atoms with Crippen molar-refractivity contribution < 1.29 is 28.5 Å². The van der Waals surface area contributed by atoms with E-state index in [-0.39, 0.29) is 19.7 Å². The quantitative estimate of drug-likeness (QED) is 0.328. The van der Waals surface area contributed by atoms with Crippen molar-refractivity contribution in [3.8, 4) is 0 Å². The molecule has 1 unspecified atom stereocenters. The summed E-state index contributed by atoms with van der Waals surface area (Å²) in [5.74, 6) is -2.58. The maximum atomic E-state index is 11.5. The monoisotopic (exact) mass is 220 g/mol. The fourth-order valence-corrected chi connectivity index (χ4v) is 0.887. The van der Waals surface area contributed by atoms with Gasteiger partial charge in [0.25, 0.3) is 6.47 Å². The van der Waals surface area contributed by atoms with Gasteiger partial charge in [-0.3, -0.25) is 4.79 Å². The molecule has 6 heteroatoms. The molecule has 0 aromatic heterocycles. The van der Waals surface area contributed by atoms with Crippen molar-refractivity contribution >= 4 is 12.4 Å². The molecule has 88 valence electrons. The van der Waals surface area contributed by atoms with E-state index in [0.717, 1.165) is 0 Å². The smallest absolute Gasteiger partial charge is 0.382 e. The van der Waals surface area contributed by atoms with Gasteiger partial charge in [0.1, 0.15) is 6.61 Å². The van der Waals surface area contributed by atoms with Gasteiger partial charge in [-0.25, -0.2) is 4.79 Å². The number of carbonyl (C=O) groups excluding carboxylic acids is 2. The first-order chi connectivity index (χ1) is 7.16. The summed E-state index contributed by atoms with van der Waals surface area (Å²) in [6, 6.07) is 0. The lowest BCUT2D eigenvalue weighted by Crippen LogP contribution is -2.48. The number of rotatable bonds is 8. The normalized spacial score (nSPS) is 14.1. The summed E-state index contributed by atoms with van der Waals surface area (Å²) in [5, 5.41) is 0. The summed E-state index contributed by atoms with van der Waals surface area (Å²) in [6.07, 6.45) is 0. The van der Waals surface area contributed by atoms with Crippen LogP contribution in [-0.4, -0.2) is 45.2 Å². The van der Waals surface area contributed by atoms with Gasteiger partial charge in [-0.05, 0) is 13.8 Å². The van der Waals surface area contributed by atoms with Crippen molar-refractivity contribution in [1.82, 2.24) is 0 Å². The summed E-state index contributed by atoms with van der Waals surface area (Å²) in [6.45, 7) is 3.84. The van der Waals surface area contributed by atoms with Crippen LogP contribution >= 0.6 is 0 Å². The predicted molar refractivity (Wildman–Crippen MR) is 50.0 cm³/mol. The fourth-order valence-electron chi connectivity index (χ4n) is 0.887. The molecule has 0 heterocycles. The standard InChI is InChI=1S/C9H16O6/c1-4-13-6-9(12-3,15-7-10)8(11)14-5-2/h7H,4-6H2,1-3H3. The third-order valence-corrected chi connectivity index (χ3v) is 1.65. The second kappa shape index (κ2) is 7.19. The molecule has 0 spiro atoms. The van der Waals surface area contributed by atoms with Crippen LogP contribution in [0.1, 0.15) is 13.8 Å². The highest BCUT2D eigenvalue weighted by Gasteiger charge is 2.43. The van der Waals surface area contributed by atoms with Crippen LogP contribution in [0.25, 0.3) is 0 Å². The highest BCUT2D eigenvalue weighted by molar-refractivity contribution is 5.79. The molecule has 0 fully saturated rings. The number of methoxy groups -OCH3 is 1. The Kier molecular flexibility index (Phi) is 6.64. The fraction of sp³-hybridized carbons (Fsp3) is 0.778. The lowest BCUT2D eigenvalue weighted by Gasteiger charge is -2.26. The van der Waals surface area contributed by atoms with E-state index >= 15 is 0 Å². The molecule has 0 N–H and O–H groups in total. The lowest BCUT2D eigenvalue weighted by atomic mass is 10.3. The lowest BCUT2D eigenvalue weighted by molar-refractivity contribution is -0.243. The van der Waals surface area contributed by atoms with Crippen molar-refractivity contribution in [1.29, 1.82) is 0 Å². The van der Waals surface area contributed by atoms with Crippen LogP contribution in [0.4, 0.5) is 0 Å². The summed E-state index contributed by atoms with van der Waals surface area (Å²) < 4.78 is 19.2. The van der Waals surface area contributed by atoms with Crippen LogP contribution < -0.4 is 0 Å². The maximum Gasteiger partial charge on any atom is 0.382 e. The first-order valence-corrected chi connectivity index (χ1v) is 4.58. The van der Waals surface area contributed by atoms with E-state index in [9.17, 15) is 9.59 Å². The molecule has 0 saturated heterocycles. The van der Waals surface area contributed by atoms with E-state index in [1.807, 2.05) is 0 Å². The predicted octanol–water partition coefficient (Wildman–Crippen LogP) is 0.102. The molecule has 15 heavy (non-hydrogen) atoms. The van der Waals surface area contributed by atoms with Gasteiger partial charge in [-0.1, -0.05) is 0 Å². The largest absolute Gasteiger partial charge is 0.461 e. The van der Waals surface area contributed by atoms with Crippen LogP contribution in [-0.2, 0) is 28.5 Å². The van der Waals surface area contributed by atoms with E-state index in [4.69, 9.17) is 14.2 Å². The minimum absolute atomic E-state index is 0.124.